The normalized spacial score (nSPS) is 18.3. The molecule has 1 unspecified atom stereocenters. The number of carbonyl (C=O) groups is 1. The van der Waals surface area contributed by atoms with E-state index in [4.69, 9.17) is 5.73 Å². The summed E-state index contributed by atoms with van der Waals surface area (Å²) in [5.41, 5.74) is 7.74. The molecule has 0 bridgehead atoms. The molecule has 2 heterocycles. The minimum atomic E-state index is -0.354. The molecule has 74 valence electrons. The minimum Gasteiger partial charge on any atom is -0.369 e. The van der Waals surface area contributed by atoms with Gasteiger partial charge < -0.3 is 5.73 Å². The third-order valence-electron chi connectivity index (χ3n) is 2.73. The molecule has 0 aliphatic heterocycles. The van der Waals surface area contributed by atoms with Crippen molar-refractivity contribution in [1.29, 1.82) is 0 Å². The number of carbonyl (C=O) groups excluding carboxylic acids is 1. The van der Waals surface area contributed by atoms with E-state index in [9.17, 15) is 4.79 Å². The van der Waals surface area contributed by atoms with Crippen molar-refractivity contribution >= 4 is 16.8 Å². The van der Waals surface area contributed by atoms with Gasteiger partial charge in [0.15, 0.2) is 0 Å². The maximum atomic E-state index is 11.2. The van der Waals surface area contributed by atoms with Crippen molar-refractivity contribution < 1.29 is 4.79 Å². The van der Waals surface area contributed by atoms with Crippen LogP contribution in [0.1, 0.15) is 17.3 Å². The Hall–Kier alpha value is -2.04. The van der Waals surface area contributed by atoms with Crippen LogP contribution in [-0.2, 0) is 11.2 Å². The van der Waals surface area contributed by atoms with E-state index in [2.05, 4.69) is 15.0 Å². The van der Waals surface area contributed by atoms with Crippen molar-refractivity contribution in [3.8, 4) is 0 Å². The van der Waals surface area contributed by atoms with Gasteiger partial charge in [0.25, 0.3) is 0 Å². The first-order valence-electron chi connectivity index (χ1n) is 4.65. The first-order chi connectivity index (χ1) is 7.27. The molecule has 0 saturated carbocycles. The molecule has 0 spiro atoms. The van der Waals surface area contributed by atoms with Gasteiger partial charge in [-0.25, -0.2) is 9.97 Å². The largest absolute Gasteiger partial charge is 0.369 e. The second kappa shape index (κ2) is 2.73. The van der Waals surface area contributed by atoms with Crippen LogP contribution >= 0.6 is 0 Å². The number of amides is 1. The monoisotopic (exact) mass is 200 g/mol. The average Bonchev–Trinajstić information content (AvgIpc) is 2.61. The molecule has 5 heteroatoms. The van der Waals surface area contributed by atoms with Crippen LogP contribution in [0.3, 0.4) is 0 Å². The Morgan fingerprint density at radius 2 is 2.27 bits per heavy atom. The molecule has 0 fully saturated rings. The Kier molecular flexibility index (Phi) is 1.50. The average molecular weight is 200 g/mol. The number of rotatable bonds is 1. The Bertz CT molecular complexity index is 561. The van der Waals surface area contributed by atoms with Crippen molar-refractivity contribution in [1.82, 2.24) is 15.0 Å². The summed E-state index contributed by atoms with van der Waals surface area (Å²) in [6.45, 7) is 0. The Balaban J connectivity index is 2.36. The smallest absolute Gasteiger partial charge is 0.226 e. The molecule has 5 nitrogen and oxygen atoms in total. The van der Waals surface area contributed by atoms with Crippen molar-refractivity contribution in [3.63, 3.8) is 0 Å². The Morgan fingerprint density at radius 3 is 3.07 bits per heavy atom. The van der Waals surface area contributed by atoms with Crippen LogP contribution in [0.4, 0.5) is 0 Å². The lowest BCUT2D eigenvalue weighted by Gasteiger charge is -2.03. The van der Waals surface area contributed by atoms with Crippen molar-refractivity contribution in [2.75, 3.05) is 0 Å². The highest BCUT2D eigenvalue weighted by Crippen LogP contribution is 2.34. The fraction of sp³-hybridized carbons (Fsp3) is 0.200. The van der Waals surface area contributed by atoms with Crippen molar-refractivity contribution in [2.45, 2.75) is 12.3 Å². The van der Waals surface area contributed by atoms with E-state index in [1.165, 1.54) is 6.33 Å². The van der Waals surface area contributed by atoms with Gasteiger partial charge in [0.05, 0.1) is 22.8 Å². The fourth-order valence-electron chi connectivity index (χ4n) is 2.04. The van der Waals surface area contributed by atoms with Gasteiger partial charge in [-0.05, 0) is 6.07 Å². The SMILES string of the molecule is NC(=O)C1Cc2nccc3ncnc1c23. The summed E-state index contributed by atoms with van der Waals surface area (Å²) >= 11 is 0. The zero-order valence-corrected chi connectivity index (χ0v) is 7.84. The third kappa shape index (κ3) is 1.03. The highest BCUT2D eigenvalue weighted by molar-refractivity contribution is 5.94. The van der Waals surface area contributed by atoms with E-state index in [1.54, 1.807) is 6.20 Å². The lowest BCUT2D eigenvalue weighted by molar-refractivity contribution is -0.119. The summed E-state index contributed by atoms with van der Waals surface area (Å²) < 4.78 is 0. The van der Waals surface area contributed by atoms with Crippen molar-refractivity contribution in [2.24, 2.45) is 5.73 Å². The van der Waals surface area contributed by atoms with Gasteiger partial charge in [-0.1, -0.05) is 0 Å². The number of nitrogens with zero attached hydrogens (tertiary/aromatic N) is 3. The molecule has 1 amide bonds. The number of nitrogens with two attached hydrogens (primary N) is 1. The van der Waals surface area contributed by atoms with E-state index in [0.717, 1.165) is 22.3 Å². The van der Waals surface area contributed by atoms with Crippen LogP contribution in [0.2, 0.25) is 0 Å². The van der Waals surface area contributed by atoms with Gasteiger partial charge in [-0.15, -0.1) is 0 Å². The van der Waals surface area contributed by atoms with Gasteiger partial charge in [0, 0.05) is 18.0 Å². The number of primary amides is 1. The van der Waals surface area contributed by atoms with Gasteiger partial charge in [-0.3, -0.25) is 9.78 Å². The summed E-state index contributed by atoms with van der Waals surface area (Å²) in [7, 11) is 0. The summed E-state index contributed by atoms with van der Waals surface area (Å²) in [5, 5.41) is 0.892. The van der Waals surface area contributed by atoms with E-state index in [0.29, 0.717) is 6.42 Å². The van der Waals surface area contributed by atoms with E-state index in [1.807, 2.05) is 6.07 Å². The number of aromatic nitrogens is 3. The molecule has 1 aliphatic carbocycles. The minimum absolute atomic E-state index is 0.347. The van der Waals surface area contributed by atoms with Gasteiger partial charge in [-0.2, -0.15) is 0 Å². The molecular formula is C10H8N4O. The zero-order valence-electron chi connectivity index (χ0n) is 7.84. The first kappa shape index (κ1) is 8.28. The van der Waals surface area contributed by atoms with E-state index < -0.39 is 0 Å². The highest BCUT2D eigenvalue weighted by atomic mass is 16.1. The summed E-state index contributed by atoms with van der Waals surface area (Å²) in [6.07, 6.45) is 3.70. The van der Waals surface area contributed by atoms with Gasteiger partial charge >= 0.3 is 0 Å². The van der Waals surface area contributed by atoms with Crippen LogP contribution in [0.25, 0.3) is 10.9 Å². The quantitative estimate of drug-likeness (QED) is 0.710. The molecule has 3 rings (SSSR count). The summed E-state index contributed by atoms with van der Waals surface area (Å²) in [5.74, 6) is -0.701. The molecule has 2 aromatic rings. The summed E-state index contributed by atoms with van der Waals surface area (Å²) in [6, 6.07) is 1.81. The molecule has 0 aromatic carbocycles. The molecule has 0 radical (unpaired) electrons. The second-order valence-electron chi connectivity index (χ2n) is 3.57. The third-order valence-corrected chi connectivity index (χ3v) is 2.73. The summed E-state index contributed by atoms with van der Waals surface area (Å²) in [4.78, 5) is 23.7. The van der Waals surface area contributed by atoms with Crippen LogP contribution in [0.5, 0.6) is 0 Å². The number of hydrogen-bond donors (Lipinski definition) is 1. The van der Waals surface area contributed by atoms with Crippen LogP contribution in [0.15, 0.2) is 18.6 Å². The predicted molar refractivity (Wildman–Crippen MR) is 53.0 cm³/mol. The van der Waals surface area contributed by atoms with Crippen LogP contribution in [-0.4, -0.2) is 20.9 Å². The van der Waals surface area contributed by atoms with Crippen molar-refractivity contribution in [3.05, 3.63) is 30.0 Å². The number of pyridine rings is 1. The molecule has 2 N–H and O–H groups in total. The molecule has 1 aliphatic rings. The Labute approximate surface area is 85.4 Å². The molecule has 2 aromatic heterocycles. The maximum absolute atomic E-state index is 11.2. The predicted octanol–water partition coefficient (Wildman–Crippen LogP) is 0.150. The number of hydrogen-bond acceptors (Lipinski definition) is 4. The van der Waals surface area contributed by atoms with Gasteiger partial charge in [0.2, 0.25) is 5.91 Å². The fourth-order valence-corrected chi connectivity index (χ4v) is 2.04. The standard InChI is InChI=1S/C10H8N4O/c11-10(15)5-3-7-8-6(1-2-12-7)13-4-14-9(5)8/h1-2,4-5H,3H2,(H2,11,15). The lowest BCUT2D eigenvalue weighted by Crippen LogP contribution is -2.21. The van der Waals surface area contributed by atoms with Crippen LogP contribution < -0.4 is 5.73 Å². The molecule has 15 heavy (non-hydrogen) atoms. The van der Waals surface area contributed by atoms with Gasteiger partial charge in [0.1, 0.15) is 6.33 Å². The zero-order chi connectivity index (χ0) is 10.4. The first-order valence-corrected chi connectivity index (χ1v) is 4.65. The second-order valence-corrected chi connectivity index (χ2v) is 3.57. The Morgan fingerprint density at radius 1 is 1.40 bits per heavy atom. The molecule has 1 atom stereocenters. The molecule has 0 saturated heterocycles. The maximum Gasteiger partial charge on any atom is 0.226 e. The lowest BCUT2D eigenvalue weighted by atomic mass is 10.1. The topological polar surface area (TPSA) is 81.8 Å². The van der Waals surface area contributed by atoms with E-state index in [-0.39, 0.29) is 11.8 Å². The van der Waals surface area contributed by atoms with Crippen LogP contribution in [0, 0.1) is 0 Å². The highest BCUT2D eigenvalue weighted by Gasteiger charge is 2.30. The van der Waals surface area contributed by atoms with E-state index >= 15 is 0 Å². The molecular weight excluding hydrogens is 192 g/mol.